The molecule has 2 aromatic rings. The van der Waals surface area contributed by atoms with Crippen LogP contribution in [-0.4, -0.2) is 26.1 Å². The van der Waals surface area contributed by atoms with E-state index in [4.69, 9.17) is 5.11 Å². The highest BCUT2D eigenvalue weighted by Crippen LogP contribution is 2.15. The van der Waals surface area contributed by atoms with Crippen LogP contribution in [0.5, 0.6) is 0 Å². The van der Waals surface area contributed by atoms with E-state index < -0.39 is 5.97 Å². The van der Waals surface area contributed by atoms with Gasteiger partial charge in [-0.15, -0.1) is 5.10 Å². The molecule has 1 heterocycles. The summed E-state index contributed by atoms with van der Waals surface area (Å²) in [6.45, 7) is 1.84. The van der Waals surface area contributed by atoms with Gasteiger partial charge in [0.2, 0.25) is 0 Å². The molecule has 0 atom stereocenters. The number of aryl methyl sites for hydroxylation is 1. The molecule has 0 bridgehead atoms. The predicted molar refractivity (Wildman–Crippen MR) is 53.1 cm³/mol. The van der Waals surface area contributed by atoms with Crippen molar-refractivity contribution in [1.29, 1.82) is 0 Å². The minimum atomic E-state index is -0.968. The summed E-state index contributed by atoms with van der Waals surface area (Å²) < 4.78 is 1.43. The smallest absolute Gasteiger partial charge is 0.337 e. The van der Waals surface area contributed by atoms with Gasteiger partial charge in [0.25, 0.3) is 0 Å². The van der Waals surface area contributed by atoms with Crippen molar-refractivity contribution in [1.82, 2.24) is 15.0 Å². The van der Waals surface area contributed by atoms with Crippen LogP contribution >= 0.6 is 0 Å². The van der Waals surface area contributed by atoms with Gasteiger partial charge in [-0.2, -0.15) is 0 Å². The van der Waals surface area contributed by atoms with E-state index in [2.05, 4.69) is 10.3 Å². The number of aromatic carboxylic acids is 1. The summed E-state index contributed by atoms with van der Waals surface area (Å²) in [6, 6.07) is 5.16. The van der Waals surface area contributed by atoms with Gasteiger partial charge in [0.1, 0.15) is 0 Å². The Morgan fingerprint density at radius 1 is 1.47 bits per heavy atom. The topological polar surface area (TPSA) is 68.0 Å². The third kappa shape index (κ3) is 1.71. The maximum Gasteiger partial charge on any atom is 0.337 e. The van der Waals surface area contributed by atoms with Gasteiger partial charge in [-0.1, -0.05) is 16.8 Å². The molecule has 15 heavy (non-hydrogen) atoms. The number of carbonyl (C=O) groups is 1. The molecular weight excluding hydrogens is 194 g/mol. The molecule has 0 saturated heterocycles. The van der Waals surface area contributed by atoms with Crippen molar-refractivity contribution in [2.75, 3.05) is 0 Å². The van der Waals surface area contributed by atoms with Crippen molar-refractivity contribution in [3.8, 4) is 5.69 Å². The lowest BCUT2D eigenvalue weighted by molar-refractivity contribution is 0.0696. The highest BCUT2D eigenvalue weighted by atomic mass is 16.4. The molecule has 5 heteroatoms. The second-order valence-electron chi connectivity index (χ2n) is 3.17. The van der Waals surface area contributed by atoms with Crippen LogP contribution in [0, 0.1) is 6.92 Å². The number of aromatic nitrogens is 3. The fraction of sp³-hybridized carbons (Fsp3) is 0.100. The lowest BCUT2D eigenvalue weighted by atomic mass is 10.1. The Kier molecular flexibility index (Phi) is 2.21. The number of carboxylic acid groups (broad SMARTS) is 1. The van der Waals surface area contributed by atoms with E-state index in [0.29, 0.717) is 5.69 Å². The third-order valence-electron chi connectivity index (χ3n) is 2.05. The van der Waals surface area contributed by atoms with Crippen molar-refractivity contribution < 1.29 is 9.90 Å². The van der Waals surface area contributed by atoms with Gasteiger partial charge in [0.05, 0.1) is 23.6 Å². The van der Waals surface area contributed by atoms with Crippen LogP contribution in [0.1, 0.15) is 15.9 Å². The number of hydrogen-bond acceptors (Lipinski definition) is 3. The van der Waals surface area contributed by atoms with Crippen LogP contribution in [0.15, 0.2) is 30.6 Å². The van der Waals surface area contributed by atoms with Crippen molar-refractivity contribution >= 4 is 5.97 Å². The van der Waals surface area contributed by atoms with Crippen LogP contribution in [0.25, 0.3) is 5.69 Å². The molecule has 0 spiro atoms. The Balaban J connectivity index is 2.61. The van der Waals surface area contributed by atoms with Gasteiger partial charge in [0, 0.05) is 0 Å². The fourth-order valence-corrected chi connectivity index (χ4v) is 1.36. The van der Waals surface area contributed by atoms with Crippen LogP contribution in [0.4, 0.5) is 0 Å². The zero-order chi connectivity index (χ0) is 10.8. The fourth-order valence-electron chi connectivity index (χ4n) is 1.36. The van der Waals surface area contributed by atoms with Gasteiger partial charge in [0.15, 0.2) is 0 Å². The van der Waals surface area contributed by atoms with Gasteiger partial charge >= 0.3 is 5.97 Å². The summed E-state index contributed by atoms with van der Waals surface area (Å²) in [6.07, 6.45) is 3.11. The molecule has 0 aliphatic rings. The maximum absolute atomic E-state index is 11.0. The van der Waals surface area contributed by atoms with Crippen molar-refractivity contribution in [3.63, 3.8) is 0 Å². The molecule has 0 radical (unpaired) electrons. The largest absolute Gasteiger partial charge is 0.478 e. The first-order chi connectivity index (χ1) is 7.18. The first-order valence-electron chi connectivity index (χ1n) is 4.39. The summed E-state index contributed by atoms with van der Waals surface area (Å²) in [7, 11) is 0. The molecule has 76 valence electrons. The van der Waals surface area contributed by atoms with Gasteiger partial charge in [-0.3, -0.25) is 0 Å². The second kappa shape index (κ2) is 3.53. The molecule has 2 rings (SSSR count). The van der Waals surface area contributed by atoms with Gasteiger partial charge in [-0.05, 0) is 19.1 Å². The Morgan fingerprint density at radius 3 is 2.87 bits per heavy atom. The summed E-state index contributed by atoms with van der Waals surface area (Å²) in [5.74, 6) is -0.968. The lowest BCUT2D eigenvalue weighted by Crippen LogP contribution is -2.06. The zero-order valence-corrected chi connectivity index (χ0v) is 8.08. The summed E-state index contributed by atoms with van der Waals surface area (Å²) >= 11 is 0. The minimum absolute atomic E-state index is 0.223. The Labute approximate surface area is 86.0 Å². The van der Waals surface area contributed by atoms with Crippen LogP contribution in [-0.2, 0) is 0 Å². The van der Waals surface area contributed by atoms with E-state index in [1.165, 1.54) is 10.9 Å². The predicted octanol–water partition coefficient (Wildman–Crippen LogP) is 1.27. The number of carboxylic acids is 1. The molecule has 1 N–H and O–H groups in total. The Hall–Kier alpha value is -2.17. The summed E-state index contributed by atoms with van der Waals surface area (Å²) in [5, 5.41) is 16.4. The monoisotopic (exact) mass is 203 g/mol. The number of nitrogens with zero attached hydrogens (tertiary/aromatic N) is 3. The number of rotatable bonds is 2. The normalized spacial score (nSPS) is 10.2. The minimum Gasteiger partial charge on any atom is -0.478 e. The summed E-state index contributed by atoms with van der Waals surface area (Å²) in [5.41, 5.74) is 1.64. The van der Waals surface area contributed by atoms with E-state index in [1.807, 2.05) is 13.0 Å². The average molecular weight is 203 g/mol. The SMILES string of the molecule is Cc1ccc(-n2ccnn2)c(C(=O)O)c1. The first-order valence-corrected chi connectivity index (χ1v) is 4.39. The van der Waals surface area contributed by atoms with Gasteiger partial charge < -0.3 is 5.11 Å². The quantitative estimate of drug-likeness (QED) is 0.798. The number of benzene rings is 1. The highest BCUT2D eigenvalue weighted by Gasteiger charge is 2.11. The standard InChI is InChI=1S/C10H9N3O2/c1-7-2-3-9(8(6-7)10(14)15)13-5-4-11-12-13/h2-6H,1H3,(H,14,15). The highest BCUT2D eigenvalue weighted by molar-refractivity contribution is 5.92. The third-order valence-corrected chi connectivity index (χ3v) is 2.05. The summed E-state index contributed by atoms with van der Waals surface area (Å²) in [4.78, 5) is 11.0. The van der Waals surface area contributed by atoms with E-state index in [-0.39, 0.29) is 5.56 Å². The van der Waals surface area contributed by atoms with E-state index in [9.17, 15) is 4.79 Å². The van der Waals surface area contributed by atoms with E-state index in [0.717, 1.165) is 5.56 Å². The van der Waals surface area contributed by atoms with E-state index in [1.54, 1.807) is 18.3 Å². The van der Waals surface area contributed by atoms with Crippen molar-refractivity contribution in [2.24, 2.45) is 0 Å². The van der Waals surface area contributed by atoms with Crippen molar-refractivity contribution in [2.45, 2.75) is 6.92 Å². The van der Waals surface area contributed by atoms with Gasteiger partial charge in [-0.25, -0.2) is 9.48 Å². The van der Waals surface area contributed by atoms with Crippen LogP contribution in [0.2, 0.25) is 0 Å². The van der Waals surface area contributed by atoms with Crippen molar-refractivity contribution in [3.05, 3.63) is 41.7 Å². The molecule has 1 aromatic carbocycles. The Morgan fingerprint density at radius 2 is 2.27 bits per heavy atom. The zero-order valence-electron chi connectivity index (χ0n) is 8.08. The van der Waals surface area contributed by atoms with Crippen LogP contribution < -0.4 is 0 Å². The average Bonchev–Trinajstić information content (AvgIpc) is 2.70. The molecule has 0 aliphatic carbocycles. The van der Waals surface area contributed by atoms with Crippen LogP contribution in [0.3, 0.4) is 0 Å². The molecule has 0 amide bonds. The molecular formula is C10H9N3O2. The maximum atomic E-state index is 11.0. The first kappa shape index (κ1) is 9.39. The Bertz CT molecular complexity index is 491. The molecule has 0 fully saturated rings. The molecule has 0 saturated carbocycles. The molecule has 1 aromatic heterocycles. The van der Waals surface area contributed by atoms with E-state index >= 15 is 0 Å². The molecule has 0 unspecified atom stereocenters. The molecule has 5 nitrogen and oxygen atoms in total. The molecule has 0 aliphatic heterocycles. The number of hydrogen-bond donors (Lipinski definition) is 1. The lowest BCUT2D eigenvalue weighted by Gasteiger charge is -2.05. The second-order valence-corrected chi connectivity index (χ2v) is 3.17.